The third kappa shape index (κ3) is 2.82. The smallest absolute Gasteiger partial charge is 0.205 e. The number of Topliss-reactive ketones (excluding diaryl/α,β-unsaturated/α-hetero) is 2. The second-order valence-corrected chi connectivity index (χ2v) is 6.37. The van der Waals surface area contributed by atoms with Crippen LogP contribution in [0.5, 0.6) is 0 Å². The Bertz CT molecular complexity index is 520. The molecule has 0 saturated carbocycles. The van der Waals surface area contributed by atoms with Crippen molar-refractivity contribution in [2.75, 3.05) is 26.3 Å². The summed E-state index contributed by atoms with van der Waals surface area (Å²) in [6.07, 6.45) is 0. The van der Waals surface area contributed by atoms with Crippen LogP contribution in [0.25, 0.3) is 0 Å². The minimum Gasteiger partial charge on any atom is -0.378 e. The normalized spacial score (nSPS) is 21.2. The van der Waals surface area contributed by atoms with Crippen LogP contribution in [0.15, 0.2) is 22.4 Å². The van der Waals surface area contributed by atoms with Crippen LogP contribution >= 0.6 is 0 Å². The lowest BCUT2D eigenvalue weighted by atomic mass is 9.78. The highest BCUT2D eigenvalue weighted by atomic mass is 16.5. The Labute approximate surface area is 126 Å². The van der Waals surface area contributed by atoms with Gasteiger partial charge in [-0.1, -0.05) is 27.7 Å². The van der Waals surface area contributed by atoms with Crippen LogP contribution in [0.1, 0.15) is 34.6 Å². The molecule has 0 aromatic heterocycles. The van der Waals surface area contributed by atoms with E-state index in [2.05, 4.69) is 0 Å². The fraction of sp³-hybridized carbons (Fsp3) is 0.647. The van der Waals surface area contributed by atoms with Gasteiger partial charge in [-0.05, 0) is 18.8 Å². The Morgan fingerprint density at radius 3 is 1.90 bits per heavy atom. The van der Waals surface area contributed by atoms with E-state index >= 15 is 0 Å². The van der Waals surface area contributed by atoms with Gasteiger partial charge >= 0.3 is 0 Å². The molecule has 0 bridgehead atoms. The predicted octanol–water partition coefficient (Wildman–Crippen LogP) is 2.35. The lowest BCUT2D eigenvalue weighted by molar-refractivity contribution is -0.118. The average Bonchev–Trinajstić information content (AvgIpc) is 2.42. The highest BCUT2D eigenvalue weighted by molar-refractivity contribution is 6.25. The van der Waals surface area contributed by atoms with E-state index in [1.807, 2.05) is 32.6 Å². The predicted molar refractivity (Wildman–Crippen MR) is 81.8 cm³/mol. The molecule has 2 aliphatic rings. The summed E-state index contributed by atoms with van der Waals surface area (Å²) >= 11 is 0. The van der Waals surface area contributed by atoms with Crippen LogP contribution in [-0.4, -0.2) is 42.8 Å². The van der Waals surface area contributed by atoms with Crippen LogP contribution in [-0.2, 0) is 14.3 Å². The van der Waals surface area contributed by atoms with Gasteiger partial charge in [-0.15, -0.1) is 0 Å². The van der Waals surface area contributed by atoms with Gasteiger partial charge in [-0.2, -0.15) is 0 Å². The van der Waals surface area contributed by atoms with Crippen LogP contribution < -0.4 is 0 Å². The number of hydrogen-bond donors (Lipinski definition) is 0. The molecule has 4 nitrogen and oxygen atoms in total. The molecule has 4 heteroatoms. The first-order valence-corrected chi connectivity index (χ1v) is 7.73. The first kappa shape index (κ1) is 16.0. The summed E-state index contributed by atoms with van der Waals surface area (Å²) in [6.45, 7) is 12.3. The number of hydrogen-bond acceptors (Lipinski definition) is 4. The zero-order valence-corrected chi connectivity index (χ0v) is 13.7. The van der Waals surface area contributed by atoms with Crippen molar-refractivity contribution in [1.29, 1.82) is 0 Å². The van der Waals surface area contributed by atoms with Gasteiger partial charge in [0.15, 0.2) is 5.78 Å². The van der Waals surface area contributed by atoms with Gasteiger partial charge in [0.1, 0.15) is 0 Å². The molecule has 1 aliphatic carbocycles. The van der Waals surface area contributed by atoms with Crippen LogP contribution in [0.4, 0.5) is 0 Å². The molecule has 0 N–H and O–H groups in total. The Morgan fingerprint density at radius 1 is 0.905 bits per heavy atom. The molecular weight excluding hydrogens is 266 g/mol. The summed E-state index contributed by atoms with van der Waals surface area (Å²) in [7, 11) is 0. The van der Waals surface area contributed by atoms with Crippen molar-refractivity contribution in [3.05, 3.63) is 22.4 Å². The third-order valence-electron chi connectivity index (χ3n) is 4.19. The molecule has 0 aromatic rings. The SMILES string of the molecule is CC1=C(C(C)C)C(=O)C(C(C)C)=C(N2CCOCC2)C1=O. The fourth-order valence-electron chi connectivity index (χ4n) is 3.18. The van der Waals surface area contributed by atoms with E-state index < -0.39 is 0 Å². The quantitative estimate of drug-likeness (QED) is 0.749. The van der Waals surface area contributed by atoms with Gasteiger partial charge in [-0.25, -0.2) is 0 Å². The molecule has 2 rings (SSSR count). The minimum atomic E-state index is 0.0175. The second kappa shape index (κ2) is 6.14. The summed E-state index contributed by atoms with van der Waals surface area (Å²) in [6, 6.07) is 0. The van der Waals surface area contributed by atoms with Gasteiger partial charge in [0.05, 0.1) is 18.9 Å². The summed E-state index contributed by atoms with van der Waals surface area (Å²) in [4.78, 5) is 27.8. The zero-order chi connectivity index (χ0) is 15.7. The Kier molecular flexibility index (Phi) is 4.67. The summed E-state index contributed by atoms with van der Waals surface area (Å²) < 4.78 is 5.36. The second-order valence-electron chi connectivity index (χ2n) is 6.37. The molecule has 0 aromatic carbocycles. The summed E-state index contributed by atoms with van der Waals surface area (Å²) in [5.74, 6) is 0.185. The van der Waals surface area contributed by atoms with Crippen molar-refractivity contribution < 1.29 is 14.3 Å². The lowest BCUT2D eigenvalue weighted by Gasteiger charge is -2.35. The van der Waals surface area contributed by atoms with Crippen molar-refractivity contribution in [2.45, 2.75) is 34.6 Å². The van der Waals surface area contributed by atoms with Crippen LogP contribution in [0.3, 0.4) is 0 Å². The molecular formula is C17H25NO3. The average molecular weight is 291 g/mol. The molecule has 0 unspecified atom stereocenters. The van der Waals surface area contributed by atoms with E-state index in [4.69, 9.17) is 4.74 Å². The maximum Gasteiger partial charge on any atom is 0.205 e. The molecule has 116 valence electrons. The van der Waals surface area contributed by atoms with Crippen molar-refractivity contribution in [2.24, 2.45) is 11.8 Å². The van der Waals surface area contributed by atoms with Crippen LogP contribution in [0.2, 0.25) is 0 Å². The van der Waals surface area contributed by atoms with Crippen molar-refractivity contribution >= 4 is 11.6 Å². The summed E-state index contributed by atoms with van der Waals surface area (Å²) in [5, 5.41) is 0. The number of ether oxygens (including phenoxy) is 1. The van der Waals surface area contributed by atoms with Crippen molar-refractivity contribution in [3.63, 3.8) is 0 Å². The van der Waals surface area contributed by atoms with Crippen molar-refractivity contribution in [3.8, 4) is 0 Å². The van der Waals surface area contributed by atoms with E-state index in [1.165, 1.54) is 0 Å². The monoisotopic (exact) mass is 291 g/mol. The minimum absolute atomic E-state index is 0.0175. The molecule has 0 spiro atoms. The Hall–Kier alpha value is -1.42. The molecule has 1 heterocycles. The topological polar surface area (TPSA) is 46.6 Å². The van der Waals surface area contributed by atoms with Crippen molar-refractivity contribution in [1.82, 2.24) is 4.90 Å². The highest BCUT2D eigenvalue weighted by Crippen LogP contribution is 2.34. The maximum absolute atomic E-state index is 12.9. The number of nitrogens with zero attached hydrogens (tertiary/aromatic N) is 1. The Balaban J connectivity index is 2.53. The first-order chi connectivity index (χ1) is 9.86. The molecule has 21 heavy (non-hydrogen) atoms. The molecule has 1 fully saturated rings. The number of morpholine rings is 1. The number of ketones is 2. The molecule has 1 aliphatic heterocycles. The van der Waals surface area contributed by atoms with E-state index in [0.717, 1.165) is 0 Å². The van der Waals surface area contributed by atoms with Gasteiger partial charge in [0.25, 0.3) is 0 Å². The fourth-order valence-corrected chi connectivity index (χ4v) is 3.18. The summed E-state index contributed by atoms with van der Waals surface area (Å²) in [5.41, 5.74) is 2.58. The standard InChI is InChI=1S/C17H25NO3/c1-10(2)13-12(5)16(19)15(14(11(3)4)17(13)20)18-6-8-21-9-7-18/h10-11H,6-9H2,1-5H3. The maximum atomic E-state index is 12.9. The molecule has 0 amide bonds. The van der Waals surface area contributed by atoms with E-state index in [9.17, 15) is 9.59 Å². The Morgan fingerprint density at radius 2 is 1.43 bits per heavy atom. The van der Waals surface area contributed by atoms with Gasteiger partial charge in [0.2, 0.25) is 5.78 Å². The van der Waals surface area contributed by atoms with Gasteiger partial charge in [-0.3, -0.25) is 9.59 Å². The van der Waals surface area contributed by atoms with E-state index in [0.29, 0.717) is 48.7 Å². The van der Waals surface area contributed by atoms with E-state index in [1.54, 1.807) is 6.92 Å². The number of rotatable bonds is 3. The highest BCUT2D eigenvalue weighted by Gasteiger charge is 2.37. The van der Waals surface area contributed by atoms with Crippen LogP contribution in [0, 0.1) is 11.8 Å². The van der Waals surface area contributed by atoms with Gasteiger partial charge < -0.3 is 9.64 Å². The third-order valence-corrected chi connectivity index (χ3v) is 4.19. The number of carbonyl (C=O) groups excluding carboxylic acids is 2. The lowest BCUT2D eigenvalue weighted by Crippen LogP contribution is -2.42. The van der Waals surface area contributed by atoms with E-state index in [-0.39, 0.29) is 23.4 Å². The molecule has 1 saturated heterocycles. The number of allylic oxidation sites excluding steroid dienone is 3. The van der Waals surface area contributed by atoms with Gasteiger partial charge in [0, 0.05) is 29.8 Å². The largest absolute Gasteiger partial charge is 0.378 e. The molecule has 0 radical (unpaired) electrons. The molecule has 0 atom stereocenters. The number of carbonyl (C=O) groups is 2. The first-order valence-electron chi connectivity index (χ1n) is 7.73. The zero-order valence-electron chi connectivity index (χ0n) is 13.7.